The van der Waals surface area contributed by atoms with Crippen LogP contribution in [0.1, 0.15) is 22.9 Å². The Labute approximate surface area is 318 Å². The summed E-state index contributed by atoms with van der Waals surface area (Å²) in [6.45, 7) is 0. The Bertz CT molecular complexity index is 3440. The van der Waals surface area contributed by atoms with Gasteiger partial charge in [-0.1, -0.05) is 115 Å². The molecular formula is C49H29N3O2S. The predicted octanol–water partition coefficient (Wildman–Crippen LogP) is 13.2. The van der Waals surface area contributed by atoms with Crippen LogP contribution < -0.4 is 5.32 Å². The zero-order chi connectivity index (χ0) is 36.0. The first-order chi connectivity index (χ1) is 27.2. The van der Waals surface area contributed by atoms with Crippen LogP contribution in [0.3, 0.4) is 0 Å². The fourth-order valence-electron chi connectivity index (χ4n) is 8.37. The Morgan fingerprint density at radius 1 is 0.455 bits per heavy atom. The molecule has 8 aromatic carbocycles. The van der Waals surface area contributed by atoms with Crippen LogP contribution in [0.5, 0.6) is 0 Å². The van der Waals surface area contributed by atoms with E-state index < -0.39 is 6.17 Å². The molecule has 1 unspecified atom stereocenters. The number of aliphatic imine (C=N–C) groups is 2. The molecule has 0 spiro atoms. The Kier molecular flexibility index (Phi) is 6.50. The summed E-state index contributed by atoms with van der Waals surface area (Å²) < 4.78 is 15.7. The van der Waals surface area contributed by atoms with Gasteiger partial charge >= 0.3 is 0 Å². The molecule has 3 aromatic heterocycles. The molecule has 11 aromatic rings. The van der Waals surface area contributed by atoms with Crippen LogP contribution in [-0.4, -0.2) is 11.7 Å². The van der Waals surface area contributed by atoms with E-state index in [1.165, 1.54) is 25.6 Å². The van der Waals surface area contributed by atoms with Gasteiger partial charge in [0, 0.05) is 64.0 Å². The van der Waals surface area contributed by atoms with Crippen molar-refractivity contribution in [2.24, 2.45) is 9.98 Å². The fraction of sp³-hybridized carbons (Fsp3) is 0.0204. The van der Waals surface area contributed by atoms with Crippen molar-refractivity contribution < 1.29 is 8.83 Å². The van der Waals surface area contributed by atoms with Gasteiger partial charge in [-0.25, -0.2) is 9.98 Å². The van der Waals surface area contributed by atoms with Gasteiger partial charge in [0.25, 0.3) is 0 Å². The number of fused-ring (bicyclic) bond motifs is 10. The van der Waals surface area contributed by atoms with E-state index in [1.807, 2.05) is 41.7 Å². The van der Waals surface area contributed by atoms with Crippen molar-refractivity contribution in [3.8, 4) is 11.1 Å². The number of para-hydroxylation sites is 2. The van der Waals surface area contributed by atoms with Crippen LogP contribution in [0.2, 0.25) is 0 Å². The molecule has 0 amide bonds. The second-order valence-electron chi connectivity index (χ2n) is 14.1. The number of nitrogens with one attached hydrogen (secondary N) is 1. The van der Waals surface area contributed by atoms with Crippen LogP contribution in [0.25, 0.3) is 85.9 Å². The van der Waals surface area contributed by atoms with E-state index in [4.69, 9.17) is 18.8 Å². The van der Waals surface area contributed by atoms with Gasteiger partial charge in [-0.2, -0.15) is 0 Å². The quantitative estimate of drug-likeness (QED) is 0.197. The molecule has 6 heteroatoms. The maximum atomic E-state index is 6.82. The summed E-state index contributed by atoms with van der Waals surface area (Å²) in [5.74, 6) is 1.55. The van der Waals surface area contributed by atoms with Gasteiger partial charge in [0.15, 0.2) is 6.17 Å². The molecule has 1 aliphatic heterocycles. The molecule has 1 aliphatic rings. The summed E-state index contributed by atoms with van der Waals surface area (Å²) >= 11 is 1.82. The molecule has 4 heterocycles. The standard InChI is InChI=1S/C49H29N3O2S/c1-2-11-29-26-30(21-20-28(29)10-1)47-50-48(31-22-25-43-38(27-31)32-12-5-8-19-42(32)55-43)52-49(51-47)37-24-23-34(46-45(37)36-14-4-7-17-40(36)54-46)33-15-9-18-41-44(33)35-13-3-6-16-39(35)53-41/h1-27,49H,(H,50,51,52). The van der Waals surface area contributed by atoms with E-state index in [9.17, 15) is 0 Å². The molecule has 5 nitrogen and oxygen atoms in total. The Morgan fingerprint density at radius 3 is 1.96 bits per heavy atom. The Hall–Kier alpha value is -7.02. The largest absolute Gasteiger partial charge is 0.456 e. The summed E-state index contributed by atoms with van der Waals surface area (Å²) in [6.07, 6.45) is -0.546. The lowest BCUT2D eigenvalue weighted by molar-refractivity contribution is 0.668. The minimum atomic E-state index is -0.546. The number of nitrogens with zero attached hydrogens (tertiary/aromatic N) is 2. The molecule has 0 saturated heterocycles. The second kappa shape index (κ2) is 11.7. The summed E-state index contributed by atoms with van der Waals surface area (Å²) in [6, 6.07) is 57.3. The number of thiophene rings is 1. The van der Waals surface area contributed by atoms with Gasteiger partial charge < -0.3 is 14.2 Å². The third kappa shape index (κ3) is 4.72. The molecule has 0 bridgehead atoms. The molecule has 0 fully saturated rings. The van der Waals surface area contributed by atoms with Gasteiger partial charge in [0.1, 0.15) is 34.0 Å². The lowest BCUT2D eigenvalue weighted by Crippen LogP contribution is -2.36. The average Bonchev–Trinajstić information content (AvgIpc) is 3.94. The van der Waals surface area contributed by atoms with Gasteiger partial charge in [0.2, 0.25) is 0 Å². The second-order valence-corrected chi connectivity index (χ2v) is 15.2. The smallest absolute Gasteiger partial charge is 0.170 e. The van der Waals surface area contributed by atoms with Crippen molar-refractivity contribution in [3.63, 3.8) is 0 Å². The third-order valence-corrected chi connectivity index (χ3v) is 12.1. The molecule has 1 atom stereocenters. The van der Waals surface area contributed by atoms with Crippen molar-refractivity contribution in [2.45, 2.75) is 6.17 Å². The topological polar surface area (TPSA) is 63.0 Å². The molecule has 0 radical (unpaired) electrons. The lowest BCUT2D eigenvalue weighted by Gasteiger charge is -2.23. The number of furan rings is 2. The van der Waals surface area contributed by atoms with E-state index in [-0.39, 0.29) is 0 Å². The van der Waals surface area contributed by atoms with Crippen LogP contribution in [0.4, 0.5) is 0 Å². The fourth-order valence-corrected chi connectivity index (χ4v) is 9.46. The summed E-state index contributed by atoms with van der Waals surface area (Å²) in [7, 11) is 0. The van der Waals surface area contributed by atoms with E-state index in [0.29, 0.717) is 0 Å². The van der Waals surface area contributed by atoms with Gasteiger partial charge in [-0.15, -0.1) is 11.3 Å². The minimum Gasteiger partial charge on any atom is -0.456 e. The first-order valence-electron chi connectivity index (χ1n) is 18.4. The first-order valence-corrected chi connectivity index (χ1v) is 19.2. The Morgan fingerprint density at radius 2 is 1.11 bits per heavy atom. The van der Waals surface area contributed by atoms with Crippen LogP contribution in [0.15, 0.2) is 183 Å². The van der Waals surface area contributed by atoms with E-state index in [2.05, 4.69) is 139 Å². The molecule has 55 heavy (non-hydrogen) atoms. The first kappa shape index (κ1) is 30.4. The van der Waals surface area contributed by atoms with Crippen LogP contribution in [-0.2, 0) is 0 Å². The van der Waals surface area contributed by atoms with E-state index in [0.717, 1.165) is 88.8 Å². The van der Waals surface area contributed by atoms with Gasteiger partial charge in [-0.05, 0) is 64.9 Å². The molecular weight excluding hydrogens is 695 g/mol. The van der Waals surface area contributed by atoms with E-state index >= 15 is 0 Å². The third-order valence-electron chi connectivity index (χ3n) is 10.9. The number of rotatable bonds is 4. The number of hydrogen-bond donors (Lipinski definition) is 1. The van der Waals surface area contributed by atoms with Crippen molar-refractivity contribution in [2.75, 3.05) is 0 Å². The lowest BCUT2D eigenvalue weighted by atomic mass is 9.94. The zero-order valence-electron chi connectivity index (χ0n) is 29.3. The highest BCUT2D eigenvalue weighted by molar-refractivity contribution is 7.25. The molecule has 1 N–H and O–H groups in total. The number of benzene rings is 8. The minimum absolute atomic E-state index is 0.546. The van der Waals surface area contributed by atoms with Crippen LogP contribution in [0, 0.1) is 0 Å². The van der Waals surface area contributed by atoms with Crippen LogP contribution >= 0.6 is 11.3 Å². The monoisotopic (exact) mass is 723 g/mol. The molecule has 12 rings (SSSR count). The van der Waals surface area contributed by atoms with Crippen molar-refractivity contribution >= 4 is 97.8 Å². The maximum absolute atomic E-state index is 6.82. The van der Waals surface area contributed by atoms with E-state index in [1.54, 1.807) is 0 Å². The molecule has 258 valence electrons. The van der Waals surface area contributed by atoms with Crippen molar-refractivity contribution in [1.29, 1.82) is 0 Å². The highest BCUT2D eigenvalue weighted by atomic mass is 32.1. The summed E-state index contributed by atoms with van der Waals surface area (Å²) in [5.41, 5.74) is 8.39. The van der Waals surface area contributed by atoms with Gasteiger partial charge in [0.05, 0.1) is 0 Å². The SMILES string of the molecule is c1ccc2cc(C3=NC(c4ccc(-c5cccc6oc7ccccc7c56)c5oc6ccccc6c45)N=C(c4ccc5sc6ccccc6c5c4)N3)ccc2c1. The number of hydrogen-bond acceptors (Lipinski definition) is 6. The average molecular weight is 724 g/mol. The zero-order valence-corrected chi connectivity index (χ0v) is 30.1. The Balaban J connectivity index is 1.10. The highest BCUT2D eigenvalue weighted by Gasteiger charge is 2.27. The van der Waals surface area contributed by atoms with Crippen molar-refractivity contribution in [1.82, 2.24) is 5.32 Å². The highest BCUT2D eigenvalue weighted by Crippen LogP contribution is 2.45. The normalized spacial score (nSPS) is 14.7. The summed E-state index contributed by atoms with van der Waals surface area (Å²) in [5, 5.41) is 12.7. The summed E-state index contributed by atoms with van der Waals surface area (Å²) in [4.78, 5) is 10.8. The predicted molar refractivity (Wildman–Crippen MR) is 229 cm³/mol. The molecule has 0 aliphatic carbocycles. The van der Waals surface area contributed by atoms with Crippen molar-refractivity contribution in [3.05, 3.63) is 180 Å². The molecule has 0 saturated carbocycles. The van der Waals surface area contributed by atoms with Gasteiger partial charge in [-0.3, -0.25) is 0 Å². The number of amidine groups is 2. The maximum Gasteiger partial charge on any atom is 0.170 e.